The van der Waals surface area contributed by atoms with Crippen molar-refractivity contribution in [2.45, 2.75) is 32.9 Å². The second kappa shape index (κ2) is 7.92. The van der Waals surface area contributed by atoms with E-state index in [1.165, 1.54) is 6.07 Å². The number of thiazole rings is 1. The van der Waals surface area contributed by atoms with Crippen LogP contribution in [0.2, 0.25) is 0 Å². The SMILES string of the molecule is Cc1cnc([C@H](C)NC(=O)N[C@H](C)COc2ccccc2F)s1. The van der Waals surface area contributed by atoms with Crippen LogP contribution in [0.3, 0.4) is 0 Å². The first-order chi connectivity index (χ1) is 11.0. The molecule has 0 saturated carbocycles. The number of aryl methyl sites for hydroxylation is 1. The molecule has 2 aromatic rings. The molecule has 2 atom stereocenters. The molecule has 0 saturated heterocycles. The van der Waals surface area contributed by atoms with Crippen LogP contribution in [-0.2, 0) is 0 Å². The van der Waals surface area contributed by atoms with Crippen molar-refractivity contribution in [2.24, 2.45) is 0 Å². The zero-order chi connectivity index (χ0) is 16.8. The van der Waals surface area contributed by atoms with Gasteiger partial charge in [-0.25, -0.2) is 14.2 Å². The number of urea groups is 1. The lowest BCUT2D eigenvalue weighted by atomic mass is 10.3. The summed E-state index contributed by atoms with van der Waals surface area (Å²) in [5.41, 5.74) is 0. The van der Waals surface area contributed by atoms with Gasteiger partial charge in [0.25, 0.3) is 0 Å². The number of hydrogen-bond acceptors (Lipinski definition) is 4. The van der Waals surface area contributed by atoms with Crippen LogP contribution >= 0.6 is 11.3 Å². The molecule has 1 aromatic carbocycles. The minimum Gasteiger partial charge on any atom is -0.488 e. The third-order valence-electron chi connectivity index (χ3n) is 3.06. The van der Waals surface area contributed by atoms with Gasteiger partial charge < -0.3 is 15.4 Å². The molecular formula is C16H20FN3O2S. The van der Waals surface area contributed by atoms with Crippen molar-refractivity contribution in [2.75, 3.05) is 6.61 Å². The first-order valence-corrected chi connectivity index (χ1v) is 8.14. The van der Waals surface area contributed by atoms with E-state index in [1.54, 1.807) is 42.7 Å². The average molecular weight is 337 g/mol. The van der Waals surface area contributed by atoms with E-state index < -0.39 is 5.82 Å². The Morgan fingerprint density at radius 3 is 2.74 bits per heavy atom. The van der Waals surface area contributed by atoms with Gasteiger partial charge in [0.1, 0.15) is 11.6 Å². The molecule has 0 aliphatic carbocycles. The van der Waals surface area contributed by atoms with Crippen LogP contribution in [-0.4, -0.2) is 23.7 Å². The van der Waals surface area contributed by atoms with Gasteiger partial charge in [0.15, 0.2) is 11.6 Å². The Kier molecular flexibility index (Phi) is 5.92. The van der Waals surface area contributed by atoms with Crippen molar-refractivity contribution in [3.63, 3.8) is 0 Å². The molecule has 7 heteroatoms. The van der Waals surface area contributed by atoms with E-state index in [-0.39, 0.29) is 30.5 Å². The number of amides is 2. The summed E-state index contributed by atoms with van der Waals surface area (Å²) in [6.45, 7) is 5.81. The molecule has 124 valence electrons. The molecule has 0 aliphatic heterocycles. The van der Waals surface area contributed by atoms with Crippen molar-refractivity contribution in [3.8, 4) is 5.75 Å². The molecule has 0 fully saturated rings. The lowest BCUT2D eigenvalue weighted by molar-refractivity contribution is 0.222. The number of para-hydroxylation sites is 1. The van der Waals surface area contributed by atoms with Crippen LogP contribution in [0, 0.1) is 12.7 Å². The Bertz CT molecular complexity index is 662. The molecule has 1 aromatic heterocycles. The highest BCUT2D eigenvalue weighted by atomic mass is 32.1. The number of aromatic nitrogens is 1. The fraction of sp³-hybridized carbons (Fsp3) is 0.375. The number of nitrogens with zero attached hydrogens (tertiary/aromatic N) is 1. The number of rotatable bonds is 6. The van der Waals surface area contributed by atoms with Crippen molar-refractivity contribution in [3.05, 3.63) is 46.2 Å². The molecular weight excluding hydrogens is 317 g/mol. The van der Waals surface area contributed by atoms with Crippen LogP contribution in [0.4, 0.5) is 9.18 Å². The Hall–Kier alpha value is -2.15. The van der Waals surface area contributed by atoms with Gasteiger partial charge in [0.05, 0.1) is 12.1 Å². The summed E-state index contributed by atoms with van der Waals surface area (Å²) in [4.78, 5) is 17.3. The average Bonchev–Trinajstić information content (AvgIpc) is 2.93. The van der Waals surface area contributed by atoms with E-state index in [0.717, 1.165) is 9.88 Å². The molecule has 2 rings (SSSR count). The Morgan fingerprint density at radius 2 is 2.09 bits per heavy atom. The van der Waals surface area contributed by atoms with E-state index >= 15 is 0 Å². The van der Waals surface area contributed by atoms with Gasteiger partial charge in [0.2, 0.25) is 0 Å². The van der Waals surface area contributed by atoms with E-state index in [1.807, 2.05) is 13.8 Å². The normalized spacial score (nSPS) is 13.2. The van der Waals surface area contributed by atoms with E-state index in [0.29, 0.717) is 0 Å². The van der Waals surface area contributed by atoms with Crippen LogP contribution < -0.4 is 15.4 Å². The van der Waals surface area contributed by atoms with Crippen LogP contribution in [0.15, 0.2) is 30.5 Å². The molecule has 0 unspecified atom stereocenters. The van der Waals surface area contributed by atoms with Crippen molar-refractivity contribution in [1.29, 1.82) is 0 Å². The number of ether oxygens (including phenoxy) is 1. The summed E-state index contributed by atoms with van der Waals surface area (Å²) in [7, 11) is 0. The zero-order valence-corrected chi connectivity index (χ0v) is 14.1. The van der Waals surface area contributed by atoms with Crippen molar-refractivity contribution >= 4 is 17.4 Å². The molecule has 0 bridgehead atoms. The van der Waals surface area contributed by atoms with Crippen molar-refractivity contribution < 1.29 is 13.9 Å². The Balaban J connectivity index is 1.77. The summed E-state index contributed by atoms with van der Waals surface area (Å²) in [5, 5.41) is 6.43. The number of hydrogen-bond donors (Lipinski definition) is 2. The molecule has 1 heterocycles. The maximum Gasteiger partial charge on any atom is 0.315 e. The largest absolute Gasteiger partial charge is 0.488 e. The zero-order valence-electron chi connectivity index (χ0n) is 13.3. The number of halogens is 1. The first kappa shape index (κ1) is 17.2. The lowest BCUT2D eigenvalue weighted by Crippen LogP contribution is -2.44. The van der Waals surface area contributed by atoms with Gasteiger partial charge in [-0.1, -0.05) is 12.1 Å². The highest BCUT2D eigenvalue weighted by Crippen LogP contribution is 2.18. The maximum absolute atomic E-state index is 13.4. The molecule has 0 aliphatic rings. The van der Waals surface area contributed by atoms with Gasteiger partial charge in [-0.3, -0.25) is 0 Å². The standard InChI is InChI=1S/C16H20FN3O2S/c1-10(9-22-14-7-5-4-6-13(14)17)19-16(21)20-12(3)15-18-8-11(2)23-15/h4-8,10,12H,9H2,1-3H3,(H2,19,20,21)/t10-,12+/m1/s1. The fourth-order valence-corrected chi connectivity index (χ4v) is 2.69. The van der Waals surface area contributed by atoms with Crippen LogP contribution in [0.5, 0.6) is 5.75 Å². The highest BCUT2D eigenvalue weighted by molar-refractivity contribution is 7.11. The highest BCUT2D eigenvalue weighted by Gasteiger charge is 2.14. The quantitative estimate of drug-likeness (QED) is 0.849. The lowest BCUT2D eigenvalue weighted by Gasteiger charge is -2.17. The van der Waals surface area contributed by atoms with Gasteiger partial charge in [-0.15, -0.1) is 11.3 Å². The molecule has 0 spiro atoms. The Labute approximate surface area is 138 Å². The number of nitrogens with one attached hydrogen (secondary N) is 2. The summed E-state index contributed by atoms with van der Waals surface area (Å²) in [5.74, 6) is -0.245. The molecule has 5 nitrogen and oxygen atoms in total. The Morgan fingerprint density at radius 1 is 1.35 bits per heavy atom. The van der Waals surface area contributed by atoms with Gasteiger partial charge in [-0.2, -0.15) is 0 Å². The van der Waals surface area contributed by atoms with Crippen molar-refractivity contribution in [1.82, 2.24) is 15.6 Å². The smallest absolute Gasteiger partial charge is 0.315 e. The number of carbonyl (C=O) groups is 1. The molecule has 2 N–H and O–H groups in total. The summed E-state index contributed by atoms with van der Waals surface area (Å²) < 4.78 is 18.8. The van der Waals surface area contributed by atoms with Crippen LogP contribution in [0.25, 0.3) is 0 Å². The molecule has 0 radical (unpaired) electrons. The molecule has 2 amide bonds. The fourth-order valence-electron chi connectivity index (χ4n) is 1.91. The second-order valence-corrected chi connectivity index (χ2v) is 6.56. The number of carbonyl (C=O) groups excluding carboxylic acids is 1. The van der Waals surface area contributed by atoms with E-state index in [9.17, 15) is 9.18 Å². The summed E-state index contributed by atoms with van der Waals surface area (Å²) >= 11 is 1.55. The minimum absolute atomic E-state index is 0.173. The predicted molar refractivity (Wildman–Crippen MR) is 88.3 cm³/mol. The van der Waals surface area contributed by atoms with Gasteiger partial charge >= 0.3 is 6.03 Å². The van der Waals surface area contributed by atoms with Crippen LogP contribution in [0.1, 0.15) is 29.8 Å². The number of benzene rings is 1. The third-order valence-corrected chi connectivity index (χ3v) is 4.16. The van der Waals surface area contributed by atoms with Gasteiger partial charge in [0, 0.05) is 11.1 Å². The minimum atomic E-state index is -0.420. The predicted octanol–water partition coefficient (Wildman–Crippen LogP) is 3.42. The maximum atomic E-state index is 13.4. The van der Waals surface area contributed by atoms with E-state index in [2.05, 4.69) is 15.6 Å². The van der Waals surface area contributed by atoms with Gasteiger partial charge in [-0.05, 0) is 32.9 Å². The van der Waals surface area contributed by atoms with E-state index in [4.69, 9.17) is 4.74 Å². The summed E-state index contributed by atoms with van der Waals surface area (Å²) in [6.07, 6.45) is 1.78. The first-order valence-electron chi connectivity index (χ1n) is 7.32. The summed E-state index contributed by atoms with van der Waals surface area (Å²) in [6, 6.07) is 5.43. The topological polar surface area (TPSA) is 63.2 Å². The third kappa shape index (κ3) is 5.21. The monoisotopic (exact) mass is 337 g/mol. The molecule has 23 heavy (non-hydrogen) atoms. The second-order valence-electron chi connectivity index (χ2n) is 5.29.